The first kappa shape index (κ1) is 14.9. The summed E-state index contributed by atoms with van der Waals surface area (Å²) in [6.07, 6.45) is 3.06. The number of hydrogen-bond donors (Lipinski definition) is 1. The van der Waals surface area contributed by atoms with E-state index >= 15 is 0 Å². The van der Waals surface area contributed by atoms with Gasteiger partial charge in [0, 0.05) is 6.54 Å². The Morgan fingerprint density at radius 2 is 2.19 bits per heavy atom. The van der Waals surface area contributed by atoms with Gasteiger partial charge in [-0.05, 0) is 36.0 Å². The summed E-state index contributed by atoms with van der Waals surface area (Å²) in [5.74, 6) is -0.300. The van der Waals surface area contributed by atoms with Crippen molar-refractivity contribution in [3.8, 4) is 5.75 Å². The summed E-state index contributed by atoms with van der Waals surface area (Å²) in [5.41, 5.74) is 0.720. The third-order valence-corrected chi connectivity index (χ3v) is 3.22. The van der Waals surface area contributed by atoms with E-state index in [1.165, 1.54) is 11.0 Å². The minimum Gasteiger partial charge on any atom is -0.497 e. The van der Waals surface area contributed by atoms with Gasteiger partial charge in [-0.25, -0.2) is 0 Å². The number of hydrogen-bond acceptors (Lipinski definition) is 4. The highest BCUT2D eigenvalue weighted by atomic mass is 32.1. The molecule has 0 unspecified atom stereocenters. The number of thiocarbonyl (C=S) groups is 1. The Morgan fingerprint density at radius 3 is 2.86 bits per heavy atom. The molecule has 1 aliphatic heterocycles. The highest BCUT2D eigenvalue weighted by Gasteiger charge is 2.32. The Balaban J connectivity index is 2.37. The molecule has 1 aliphatic rings. The van der Waals surface area contributed by atoms with Crippen LogP contribution in [-0.4, -0.2) is 35.5 Å². The Bertz CT molecular complexity index is 652. The predicted octanol–water partition coefficient (Wildman–Crippen LogP) is 1.51. The SMILES string of the molecule is C=CCN1C(=O)/C(=C/c2cccc(OC)c2)C(=O)NC1=S. The average molecular weight is 302 g/mol. The third kappa shape index (κ3) is 3.17. The van der Waals surface area contributed by atoms with Gasteiger partial charge in [0.05, 0.1) is 7.11 Å². The van der Waals surface area contributed by atoms with Crippen molar-refractivity contribution in [1.29, 1.82) is 0 Å². The number of benzene rings is 1. The number of methoxy groups -OCH3 is 1. The van der Waals surface area contributed by atoms with E-state index in [0.29, 0.717) is 11.3 Å². The second-order valence-corrected chi connectivity index (χ2v) is 4.69. The molecule has 0 atom stereocenters. The first-order chi connectivity index (χ1) is 10.1. The monoisotopic (exact) mass is 302 g/mol. The van der Waals surface area contributed by atoms with E-state index in [2.05, 4.69) is 11.9 Å². The van der Waals surface area contributed by atoms with E-state index in [0.717, 1.165) is 0 Å². The lowest BCUT2D eigenvalue weighted by Gasteiger charge is -2.27. The predicted molar refractivity (Wildman–Crippen MR) is 83.6 cm³/mol. The highest BCUT2D eigenvalue weighted by Crippen LogP contribution is 2.18. The fourth-order valence-corrected chi connectivity index (χ4v) is 2.14. The summed E-state index contributed by atoms with van der Waals surface area (Å²) in [5, 5.41) is 2.58. The summed E-state index contributed by atoms with van der Waals surface area (Å²) >= 11 is 4.98. The number of carbonyl (C=O) groups excluding carboxylic acids is 2. The Morgan fingerprint density at radius 1 is 1.43 bits per heavy atom. The maximum absolute atomic E-state index is 12.3. The van der Waals surface area contributed by atoms with E-state index in [1.54, 1.807) is 37.5 Å². The van der Waals surface area contributed by atoms with Crippen LogP contribution in [0.4, 0.5) is 0 Å². The third-order valence-electron chi connectivity index (χ3n) is 2.90. The van der Waals surface area contributed by atoms with Crippen molar-refractivity contribution in [3.05, 3.63) is 48.1 Å². The molecular formula is C15H14N2O3S. The number of nitrogens with zero attached hydrogens (tertiary/aromatic N) is 1. The molecule has 0 aliphatic carbocycles. The normalized spacial score (nSPS) is 16.9. The minimum atomic E-state index is -0.506. The molecule has 1 aromatic rings. The second-order valence-electron chi connectivity index (χ2n) is 4.30. The molecule has 21 heavy (non-hydrogen) atoms. The fraction of sp³-hybridized carbons (Fsp3) is 0.133. The molecule has 1 fully saturated rings. The number of carbonyl (C=O) groups is 2. The molecule has 0 aromatic heterocycles. The van der Waals surface area contributed by atoms with Crippen LogP contribution in [0.2, 0.25) is 0 Å². The van der Waals surface area contributed by atoms with E-state index in [1.807, 2.05) is 0 Å². The lowest BCUT2D eigenvalue weighted by atomic mass is 10.1. The summed E-state index contributed by atoms with van der Waals surface area (Å²) in [6, 6.07) is 7.08. The van der Waals surface area contributed by atoms with Gasteiger partial charge < -0.3 is 4.74 Å². The topological polar surface area (TPSA) is 58.6 Å². The molecule has 0 radical (unpaired) electrons. The first-order valence-electron chi connectivity index (χ1n) is 6.20. The number of amides is 2. The molecule has 1 N–H and O–H groups in total. The summed E-state index contributed by atoms with van der Waals surface area (Å²) < 4.78 is 5.12. The van der Waals surface area contributed by atoms with Gasteiger partial charge in [0.15, 0.2) is 5.11 Å². The molecule has 1 aromatic carbocycles. The van der Waals surface area contributed by atoms with Crippen molar-refractivity contribution in [1.82, 2.24) is 10.2 Å². The van der Waals surface area contributed by atoms with Crippen LogP contribution >= 0.6 is 12.2 Å². The number of nitrogens with one attached hydrogen (secondary N) is 1. The smallest absolute Gasteiger partial charge is 0.265 e. The van der Waals surface area contributed by atoms with Crippen LogP contribution < -0.4 is 10.1 Å². The van der Waals surface area contributed by atoms with Crippen LogP contribution in [0.15, 0.2) is 42.5 Å². The van der Waals surface area contributed by atoms with Gasteiger partial charge in [-0.15, -0.1) is 6.58 Å². The molecule has 6 heteroatoms. The van der Waals surface area contributed by atoms with Crippen molar-refractivity contribution in [2.45, 2.75) is 0 Å². The average Bonchev–Trinajstić information content (AvgIpc) is 2.48. The van der Waals surface area contributed by atoms with E-state index in [4.69, 9.17) is 17.0 Å². The zero-order chi connectivity index (χ0) is 15.4. The quantitative estimate of drug-likeness (QED) is 0.396. The summed E-state index contributed by atoms with van der Waals surface area (Å²) in [7, 11) is 1.55. The maximum Gasteiger partial charge on any atom is 0.265 e. The molecule has 108 valence electrons. The van der Waals surface area contributed by atoms with Crippen LogP contribution in [0.5, 0.6) is 5.75 Å². The molecule has 1 saturated heterocycles. The fourth-order valence-electron chi connectivity index (χ4n) is 1.89. The lowest BCUT2D eigenvalue weighted by molar-refractivity contribution is -0.128. The molecule has 2 rings (SSSR count). The van der Waals surface area contributed by atoms with Crippen molar-refractivity contribution < 1.29 is 14.3 Å². The van der Waals surface area contributed by atoms with Gasteiger partial charge in [0.1, 0.15) is 11.3 Å². The summed E-state index contributed by atoms with van der Waals surface area (Å²) in [6.45, 7) is 3.82. The van der Waals surface area contributed by atoms with E-state index in [9.17, 15) is 9.59 Å². The molecule has 0 saturated carbocycles. The van der Waals surface area contributed by atoms with Crippen LogP contribution in [-0.2, 0) is 9.59 Å². The molecular weight excluding hydrogens is 288 g/mol. The van der Waals surface area contributed by atoms with Gasteiger partial charge in [-0.2, -0.15) is 0 Å². The standard InChI is InChI=1S/C15H14N2O3S/c1-3-7-17-14(19)12(13(18)16-15(17)21)9-10-5-4-6-11(8-10)20-2/h3-6,8-9H,1,7H2,2H3,(H,16,18,21)/b12-9+. The summed E-state index contributed by atoms with van der Waals surface area (Å²) in [4.78, 5) is 25.6. The van der Waals surface area contributed by atoms with Gasteiger partial charge >= 0.3 is 0 Å². The first-order valence-corrected chi connectivity index (χ1v) is 6.61. The Kier molecular flexibility index (Phi) is 4.49. The van der Waals surface area contributed by atoms with Crippen molar-refractivity contribution in [3.63, 3.8) is 0 Å². The van der Waals surface area contributed by atoms with E-state index < -0.39 is 11.8 Å². The van der Waals surface area contributed by atoms with E-state index in [-0.39, 0.29) is 17.2 Å². The molecule has 0 bridgehead atoms. The van der Waals surface area contributed by atoms with Crippen LogP contribution in [0.3, 0.4) is 0 Å². The van der Waals surface area contributed by atoms with Crippen LogP contribution in [0, 0.1) is 0 Å². The second kappa shape index (κ2) is 6.32. The van der Waals surface area contributed by atoms with Crippen LogP contribution in [0.1, 0.15) is 5.56 Å². The van der Waals surface area contributed by atoms with Gasteiger partial charge in [-0.3, -0.25) is 19.8 Å². The maximum atomic E-state index is 12.3. The van der Waals surface area contributed by atoms with Crippen molar-refractivity contribution in [2.75, 3.05) is 13.7 Å². The Labute approximate surface area is 127 Å². The molecule has 1 heterocycles. The zero-order valence-corrected chi connectivity index (χ0v) is 12.3. The van der Waals surface area contributed by atoms with Crippen LogP contribution in [0.25, 0.3) is 6.08 Å². The number of ether oxygens (including phenoxy) is 1. The Hall–Kier alpha value is -2.47. The van der Waals surface area contributed by atoms with Gasteiger partial charge in [-0.1, -0.05) is 18.2 Å². The van der Waals surface area contributed by atoms with Crippen molar-refractivity contribution in [2.24, 2.45) is 0 Å². The van der Waals surface area contributed by atoms with Gasteiger partial charge in [0.2, 0.25) is 0 Å². The lowest BCUT2D eigenvalue weighted by Crippen LogP contribution is -2.53. The number of rotatable bonds is 4. The van der Waals surface area contributed by atoms with Gasteiger partial charge in [0.25, 0.3) is 11.8 Å². The highest BCUT2D eigenvalue weighted by molar-refractivity contribution is 7.80. The molecule has 2 amide bonds. The largest absolute Gasteiger partial charge is 0.497 e. The minimum absolute atomic E-state index is 0.0266. The molecule has 0 spiro atoms. The zero-order valence-electron chi connectivity index (χ0n) is 11.5. The van der Waals surface area contributed by atoms with Crippen molar-refractivity contribution >= 4 is 35.2 Å². The molecule has 5 nitrogen and oxygen atoms in total.